The minimum atomic E-state index is 0. The van der Waals surface area contributed by atoms with Gasteiger partial charge in [-0.2, -0.15) is 0 Å². The van der Waals surface area contributed by atoms with Crippen molar-refractivity contribution in [3.63, 3.8) is 0 Å². The van der Waals surface area contributed by atoms with Gasteiger partial charge in [0.05, 0.1) is 14.2 Å². The highest BCUT2D eigenvalue weighted by Crippen LogP contribution is 2.34. The number of hydrogen-bond acceptors (Lipinski definition) is 4. The number of nitrogens with zero attached hydrogens (tertiary/aromatic N) is 1. The number of nitrogens with two attached hydrogens (primary N) is 1. The Balaban J connectivity index is 0.00000288. The van der Waals surface area contributed by atoms with E-state index in [4.69, 9.17) is 15.2 Å². The molecule has 0 saturated carbocycles. The normalized spacial score (nSPS) is 17.0. The van der Waals surface area contributed by atoms with E-state index in [0.717, 1.165) is 31.4 Å². The molecule has 0 radical (unpaired) electrons. The zero-order valence-corrected chi connectivity index (χ0v) is 15.2. The molecule has 1 saturated heterocycles. The summed E-state index contributed by atoms with van der Waals surface area (Å²) in [6, 6.07) is 3.73. The van der Waals surface area contributed by atoms with Crippen LogP contribution in [0.5, 0.6) is 11.5 Å². The first-order chi connectivity index (χ1) is 11.2. The molecular weight excluding hydrogens is 328 g/mol. The lowest BCUT2D eigenvalue weighted by molar-refractivity contribution is 0.0623. The van der Waals surface area contributed by atoms with Crippen molar-refractivity contribution in [3.05, 3.63) is 35.9 Å². The van der Waals surface area contributed by atoms with Crippen molar-refractivity contribution in [2.75, 3.05) is 27.3 Å². The quantitative estimate of drug-likeness (QED) is 0.798. The highest BCUT2D eigenvalue weighted by Gasteiger charge is 2.27. The second kappa shape index (κ2) is 9.55. The molecule has 1 aromatic carbocycles. The number of halogens is 1. The number of amides is 1. The fourth-order valence-electron chi connectivity index (χ4n) is 3.15. The van der Waals surface area contributed by atoms with E-state index in [0.29, 0.717) is 30.0 Å². The molecule has 0 aliphatic carbocycles. The van der Waals surface area contributed by atoms with Gasteiger partial charge in [0.1, 0.15) is 0 Å². The van der Waals surface area contributed by atoms with E-state index in [1.54, 1.807) is 26.4 Å². The van der Waals surface area contributed by atoms with Crippen molar-refractivity contribution >= 4 is 18.3 Å². The number of benzene rings is 1. The van der Waals surface area contributed by atoms with Crippen molar-refractivity contribution in [3.8, 4) is 11.5 Å². The highest BCUT2D eigenvalue weighted by atomic mass is 35.5. The van der Waals surface area contributed by atoms with E-state index in [1.807, 2.05) is 11.0 Å². The van der Waals surface area contributed by atoms with E-state index >= 15 is 0 Å². The Morgan fingerprint density at radius 2 is 2.12 bits per heavy atom. The second-order valence-electron chi connectivity index (χ2n) is 5.75. The summed E-state index contributed by atoms with van der Waals surface area (Å²) in [6.07, 6.45) is 5.51. The average molecular weight is 355 g/mol. The minimum absolute atomic E-state index is 0. The van der Waals surface area contributed by atoms with Crippen LogP contribution in [0.4, 0.5) is 0 Å². The summed E-state index contributed by atoms with van der Waals surface area (Å²) in [5, 5.41) is 0. The minimum Gasteiger partial charge on any atom is -0.493 e. The van der Waals surface area contributed by atoms with E-state index in [-0.39, 0.29) is 24.4 Å². The molecule has 2 rings (SSSR count). The molecule has 2 N–H and O–H groups in total. The first-order valence-corrected chi connectivity index (χ1v) is 8.03. The molecule has 0 aromatic heterocycles. The molecule has 6 heteroatoms. The van der Waals surface area contributed by atoms with E-state index in [9.17, 15) is 4.79 Å². The van der Waals surface area contributed by atoms with Gasteiger partial charge in [0.25, 0.3) is 5.91 Å². The van der Waals surface area contributed by atoms with Gasteiger partial charge in [-0.3, -0.25) is 4.79 Å². The Hall–Kier alpha value is -1.72. The molecule has 1 aliphatic heterocycles. The van der Waals surface area contributed by atoms with Crippen molar-refractivity contribution in [2.45, 2.75) is 31.7 Å². The van der Waals surface area contributed by atoms with Crippen LogP contribution in [0.15, 0.2) is 24.8 Å². The number of hydrogen-bond donors (Lipinski definition) is 1. The van der Waals surface area contributed by atoms with Crippen molar-refractivity contribution in [1.82, 2.24) is 4.90 Å². The molecule has 0 bridgehead atoms. The van der Waals surface area contributed by atoms with Crippen LogP contribution in [0.1, 0.15) is 35.2 Å². The van der Waals surface area contributed by atoms with Gasteiger partial charge in [0, 0.05) is 30.3 Å². The maximum Gasteiger partial charge on any atom is 0.254 e. The first kappa shape index (κ1) is 20.3. The lowest BCUT2D eigenvalue weighted by Crippen LogP contribution is -2.47. The van der Waals surface area contributed by atoms with Crippen molar-refractivity contribution in [2.24, 2.45) is 5.73 Å². The lowest BCUT2D eigenvalue weighted by Gasteiger charge is -2.35. The number of carbonyl (C=O) groups is 1. The number of rotatable bonds is 6. The van der Waals surface area contributed by atoms with Crippen molar-refractivity contribution < 1.29 is 14.3 Å². The van der Waals surface area contributed by atoms with Gasteiger partial charge in [-0.25, -0.2) is 0 Å². The fraction of sp³-hybridized carbons (Fsp3) is 0.500. The van der Waals surface area contributed by atoms with Gasteiger partial charge >= 0.3 is 0 Å². The van der Waals surface area contributed by atoms with Gasteiger partial charge in [-0.1, -0.05) is 6.08 Å². The average Bonchev–Trinajstić information content (AvgIpc) is 2.60. The number of piperidine rings is 1. The Labute approximate surface area is 150 Å². The molecule has 1 fully saturated rings. The summed E-state index contributed by atoms with van der Waals surface area (Å²) < 4.78 is 10.8. The Morgan fingerprint density at radius 1 is 1.38 bits per heavy atom. The fourth-order valence-corrected chi connectivity index (χ4v) is 3.15. The molecule has 0 spiro atoms. The molecule has 1 atom stereocenters. The largest absolute Gasteiger partial charge is 0.493 e. The topological polar surface area (TPSA) is 64.8 Å². The smallest absolute Gasteiger partial charge is 0.254 e. The second-order valence-corrected chi connectivity index (χ2v) is 5.75. The maximum absolute atomic E-state index is 12.9. The number of carbonyl (C=O) groups excluding carboxylic acids is 1. The van der Waals surface area contributed by atoms with E-state index in [2.05, 4.69) is 6.58 Å². The van der Waals surface area contributed by atoms with E-state index in [1.165, 1.54) is 0 Å². The summed E-state index contributed by atoms with van der Waals surface area (Å²) in [4.78, 5) is 14.8. The van der Waals surface area contributed by atoms with Crippen LogP contribution in [0.2, 0.25) is 0 Å². The SMILES string of the molecule is C=CCc1cc(C(=O)N2CCCCC2CN)cc(OC)c1OC.Cl. The summed E-state index contributed by atoms with van der Waals surface area (Å²) in [7, 11) is 3.18. The van der Waals surface area contributed by atoms with Crippen LogP contribution in [0.3, 0.4) is 0 Å². The third-order valence-electron chi connectivity index (χ3n) is 4.33. The number of allylic oxidation sites excluding steroid dienone is 1. The Bertz CT molecular complexity index is 578. The van der Waals surface area contributed by atoms with Gasteiger partial charge in [0.15, 0.2) is 11.5 Å². The molecular formula is C18H27ClN2O3. The van der Waals surface area contributed by atoms with Crippen molar-refractivity contribution in [1.29, 1.82) is 0 Å². The standard InChI is InChI=1S/C18H26N2O3.ClH/c1-4-7-13-10-14(11-16(22-2)17(13)23-3)18(21)20-9-6-5-8-15(20)12-19;/h4,10-11,15H,1,5-9,12,19H2,2-3H3;1H. The predicted molar refractivity (Wildman–Crippen MR) is 98.4 cm³/mol. The third-order valence-corrected chi connectivity index (χ3v) is 4.33. The monoisotopic (exact) mass is 354 g/mol. The summed E-state index contributed by atoms with van der Waals surface area (Å²) in [5.74, 6) is 1.22. The third kappa shape index (κ3) is 4.22. The van der Waals surface area contributed by atoms with E-state index < -0.39 is 0 Å². The van der Waals surface area contributed by atoms with Crippen LogP contribution >= 0.6 is 12.4 Å². The first-order valence-electron chi connectivity index (χ1n) is 8.03. The van der Waals surface area contributed by atoms with Crippen LogP contribution < -0.4 is 15.2 Å². The van der Waals surface area contributed by atoms with Crippen LogP contribution in [0.25, 0.3) is 0 Å². The number of ether oxygens (including phenoxy) is 2. The molecule has 1 heterocycles. The van der Waals surface area contributed by atoms with Crippen LogP contribution in [-0.4, -0.2) is 44.2 Å². The van der Waals surface area contributed by atoms with Crippen LogP contribution in [-0.2, 0) is 6.42 Å². The Kier molecular flexibility index (Phi) is 8.08. The summed E-state index contributed by atoms with van der Waals surface area (Å²) in [6.45, 7) is 5.02. The van der Waals surface area contributed by atoms with Gasteiger partial charge in [0.2, 0.25) is 0 Å². The molecule has 5 nitrogen and oxygen atoms in total. The molecule has 1 amide bonds. The maximum atomic E-state index is 12.9. The summed E-state index contributed by atoms with van der Waals surface area (Å²) >= 11 is 0. The zero-order chi connectivity index (χ0) is 16.8. The zero-order valence-electron chi connectivity index (χ0n) is 14.4. The van der Waals surface area contributed by atoms with Crippen LogP contribution in [0, 0.1) is 0 Å². The molecule has 1 aliphatic rings. The molecule has 1 unspecified atom stereocenters. The molecule has 24 heavy (non-hydrogen) atoms. The number of likely N-dealkylation sites (tertiary alicyclic amines) is 1. The van der Waals surface area contributed by atoms with Gasteiger partial charge < -0.3 is 20.1 Å². The molecule has 1 aromatic rings. The molecule has 134 valence electrons. The Morgan fingerprint density at radius 3 is 2.71 bits per heavy atom. The predicted octanol–water partition coefficient (Wildman–Crippen LogP) is 2.81. The van der Waals surface area contributed by atoms with Gasteiger partial charge in [-0.15, -0.1) is 19.0 Å². The van der Waals surface area contributed by atoms with Gasteiger partial charge in [-0.05, 0) is 37.8 Å². The summed E-state index contributed by atoms with van der Waals surface area (Å²) in [5.41, 5.74) is 7.34. The number of methoxy groups -OCH3 is 2. The highest BCUT2D eigenvalue weighted by molar-refractivity contribution is 5.95. The lowest BCUT2D eigenvalue weighted by atomic mass is 9.99.